The Morgan fingerprint density at radius 2 is 2.19 bits per heavy atom. The number of ether oxygens (including phenoxy) is 1. The van der Waals surface area contributed by atoms with E-state index in [0.29, 0.717) is 18.8 Å². The van der Waals surface area contributed by atoms with Gasteiger partial charge in [-0.15, -0.1) is 0 Å². The first kappa shape index (κ1) is 15.3. The highest BCUT2D eigenvalue weighted by molar-refractivity contribution is 5.97. The van der Waals surface area contributed by atoms with Gasteiger partial charge in [0.05, 0.1) is 0 Å². The molecule has 0 saturated heterocycles. The molecule has 2 rings (SSSR count). The Morgan fingerprint density at radius 3 is 2.90 bits per heavy atom. The van der Waals surface area contributed by atoms with Crippen LogP contribution in [-0.4, -0.2) is 38.7 Å². The molecule has 1 heterocycles. The summed E-state index contributed by atoms with van der Waals surface area (Å²) in [6, 6.07) is 5.42. The summed E-state index contributed by atoms with van der Waals surface area (Å²) in [5.74, 6) is -0.0615. The van der Waals surface area contributed by atoms with Gasteiger partial charge in [-0.25, -0.2) is 4.79 Å². The van der Waals surface area contributed by atoms with Gasteiger partial charge in [-0.3, -0.25) is 4.79 Å². The molecule has 1 aliphatic heterocycles. The van der Waals surface area contributed by atoms with Crippen LogP contribution in [0.25, 0.3) is 0 Å². The predicted octanol–water partition coefficient (Wildman–Crippen LogP) is 1.75. The van der Waals surface area contributed by atoms with Gasteiger partial charge in [-0.05, 0) is 37.5 Å². The Hall–Kier alpha value is -2.08. The van der Waals surface area contributed by atoms with Gasteiger partial charge in [-0.1, -0.05) is 6.07 Å². The average molecular weight is 291 g/mol. The topological polar surface area (TPSA) is 70.7 Å². The highest BCUT2D eigenvalue weighted by Crippen LogP contribution is 2.30. The summed E-state index contributed by atoms with van der Waals surface area (Å²) in [4.78, 5) is 25.4. The highest BCUT2D eigenvalue weighted by Gasteiger charge is 2.22. The van der Waals surface area contributed by atoms with E-state index in [1.54, 1.807) is 4.90 Å². The lowest BCUT2D eigenvalue weighted by molar-refractivity contribution is -0.122. The zero-order valence-corrected chi connectivity index (χ0v) is 12.4. The Labute approximate surface area is 124 Å². The van der Waals surface area contributed by atoms with Gasteiger partial charge < -0.3 is 20.3 Å². The average Bonchev–Trinajstić information content (AvgIpc) is 2.47. The molecule has 21 heavy (non-hydrogen) atoms. The fourth-order valence-corrected chi connectivity index (χ4v) is 2.45. The van der Waals surface area contributed by atoms with Crippen molar-refractivity contribution in [3.63, 3.8) is 0 Å². The van der Waals surface area contributed by atoms with Gasteiger partial charge in [0.2, 0.25) is 0 Å². The largest absolute Gasteiger partial charge is 0.375 e. The van der Waals surface area contributed by atoms with E-state index in [0.717, 1.165) is 24.1 Å². The molecular formula is C15H21N3O3. The van der Waals surface area contributed by atoms with E-state index in [9.17, 15) is 9.59 Å². The van der Waals surface area contributed by atoms with Crippen molar-refractivity contribution in [1.82, 2.24) is 5.32 Å². The second-order valence-electron chi connectivity index (χ2n) is 4.91. The number of aryl methyl sites for hydroxylation is 1. The molecule has 0 atom stereocenters. The lowest BCUT2D eigenvalue weighted by atomic mass is 10.0. The summed E-state index contributed by atoms with van der Waals surface area (Å²) < 4.78 is 4.93. The molecule has 2 N–H and O–H groups in total. The minimum Gasteiger partial charge on any atom is -0.375 e. The van der Waals surface area contributed by atoms with Gasteiger partial charge >= 0.3 is 6.03 Å². The van der Waals surface area contributed by atoms with E-state index in [2.05, 4.69) is 10.6 Å². The van der Waals surface area contributed by atoms with Crippen LogP contribution in [-0.2, 0) is 16.0 Å². The molecule has 1 aliphatic rings. The Balaban J connectivity index is 2.21. The number of carbonyl (C=O) groups is 2. The van der Waals surface area contributed by atoms with Crippen LogP contribution < -0.4 is 15.5 Å². The van der Waals surface area contributed by atoms with Crippen molar-refractivity contribution in [3.05, 3.63) is 23.8 Å². The fourth-order valence-electron chi connectivity index (χ4n) is 2.45. The van der Waals surface area contributed by atoms with Crippen molar-refractivity contribution in [2.45, 2.75) is 19.8 Å². The molecule has 0 saturated carbocycles. The summed E-state index contributed by atoms with van der Waals surface area (Å²) in [5.41, 5.74) is 2.65. The lowest BCUT2D eigenvalue weighted by Crippen LogP contribution is -2.38. The van der Waals surface area contributed by atoms with E-state index in [1.807, 2.05) is 25.1 Å². The van der Waals surface area contributed by atoms with Crippen LogP contribution in [0.3, 0.4) is 0 Å². The van der Waals surface area contributed by atoms with Crippen LogP contribution in [0.5, 0.6) is 0 Å². The van der Waals surface area contributed by atoms with E-state index in [1.165, 1.54) is 7.11 Å². The second kappa shape index (κ2) is 7.08. The quantitative estimate of drug-likeness (QED) is 0.888. The number of nitrogens with zero attached hydrogens (tertiary/aromatic N) is 1. The normalized spacial score (nSPS) is 13.5. The molecule has 0 radical (unpaired) electrons. The van der Waals surface area contributed by atoms with E-state index in [-0.39, 0.29) is 18.5 Å². The van der Waals surface area contributed by atoms with Crippen molar-refractivity contribution in [3.8, 4) is 0 Å². The van der Waals surface area contributed by atoms with Crippen LogP contribution >= 0.6 is 0 Å². The van der Waals surface area contributed by atoms with Gasteiger partial charge in [-0.2, -0.15) is 0 Å². The number of benzene rings is 1. The molecule has 3 amide bonds. The number of nitrogens with one attached hydrogen (secondary N) is 2. The van der Waals surface area contributed by atoms with Crippen molar-refractivity contribution < 1.29 is 14.3 Å². The minimum absolute atomic E-state index is 0.0615. The fraction of sp³-hybridized carbons (Fsp3) is 0.467. The number of rotatable bonds is 4. The maximum absolute atomic E-state index is 12.1. The van der Waals surface area contributed by atoms with E-state index >= 15 is 0 Å². The number of fused-ring (bicyclic) bond motifs is 1. The Morgan fingerprint density at radius 1 is 1.38 bits per heavy atom. The molecule has 0 aliphatic carbocycles. The zero-order valence-electron chi connectivity index (χ0n) is 12.4. The SMILES string of the molecule is CCNC(=O)Nc1ccc2c(c1)N(C(=O)COC)CCC2. The molecule has 6 heteroatoms. The van der Waals surface area contributed by atoms with Crippen molar-refractivity contribution >= 4 is 23.3 Å². The number of anilines is 2. The second-order valence-corrected chi connectivity index (χ2v) is 4.91. The Kier molecular flexibility index (Phi) is 5.16. The first-order valence-corrected chi connectivity index (χ1v) is 7.12. The number of hydrogen-bond acceptors (Lipinski definition) is 3. The maximum Gasteiger partial charge on any atom is 0.319 e. The molecule has 0 fully saturated rings. The third kappa shape index (κ3) is 3.72. The zero-order chi connectivity index (χ0) is 15.2. The summed E-state index contributed by atoms with van der Waals surface area (Å²) in [5, 5.41) is 5.44. The third-order valence-electron chi connectivity index (χ3n) is 3.37. The van der Waals surface area contributed by atoms with Crippen molar-refractivity contribution in [2.24, 2.45) is 0 Å². The van der Waals surface area contributed by atoms with Crippen LogP contribution in [0.1, 0.15) is 18.9 Å². The summed E-state index contributed by atoms with van der Waals surface area (Å²) in [7, 11) is 1.51. The molecule has 1 aromatic carbocycles. The first-order chi connectivity index (χ1) is 10.2. The smallest absolute Gasteiger partial charge is 0.319 e. The van der Waals surface area contributed by atoms with Crippen molar-refractivity contribution in [2.75, 3.05) is 37.0 Å². The number of carbonyl (C=O) groups excluding carboxylic acids is 2. The number of urea groups is 1. The lowest BCUT2D eigenvalue weighted by Gasteiger charge is -2.29. The van der Waals surface area contributed by atoms with Gasteiger partial charge in [0.25, 0.3) is 5.91 Å². The van der Waals surface area contributed by atoms with Gasteiger partial charge in [0.15, 0.2) is 0 Å². The molecule has 0 unspecified atom stereocenters. The number of methoxy groups -OCH3 is 1. The molecule has 6 nitrogen and oxygen atoms in total. The molecular weight excluding hydrogens is 270 g/mol. The van der Waals surface area contributed by atoms with Crippen molar-refractivity contribution in [1.29, 1.82) is 0 Å². The predicted molar refractivity (Wildman–Crippen MR) is 81.7 cm³/mol. The standard InChI is InChI=1S/C15H21N3O3/c1-3-16-15(20)17-12-7-6-11-5-4-8-18(13(11)9-12)14(19)10-21-2/h6-7,9H,3-5,8,10H2,1-2H3,(H2,16,17,20). The van der Waals surface area contributed by atoms with Crippen LogP contribution in [0, 0.1) is 0 Å². The molecule has 1 aromatic rings. The maximum atomic E-state index is 12.1. The van der Waals surface area contributed by atoms with Gasteiger partial charge in [0, 0.05) is 31.6 Å². The summed E-state index contributed by atoms with van der Waals surface area (Å²) in [6.45, 7) is 3.17. The van der Waals surface area contributed by atoms with Crippen LogP contribution in [0.2, 0.25) is 0 Å². The molecule has 0 bridgehead atoms. The van der Waals surface area contributed by atoms with E-state index in [4.69, 9.17) is 4.74 Å². The van der Waals surface area contributed by atoms with Gasteiger partial charge in [0.1, 0.15) is 6.61 Å². The highest BCUT2D eigenvalue weighted by atomic mass is 16.5. The summed E-state index contributed by atoms with van der Waals surface area (Å²) >= 11 is 0. The first-order valence-electron chi connectivity index (χ1n) is 7.12. The van der Waals surface area contributed by atoms with E-state index < -0.39 is 0 Å². The third-order valence-corrected chi connectivity index (χ3v) is 3.37. The monoisotopic (exact) mass is 291 g/mol. The molecule has 114 valence electrons. The van der Waals surface area contributed by atoms with Crippen LogP contribution in [0.15, 0.2) is 18.2 Å². The molecule has 0 aromatic heterocycles. The Bertz CT molecular complexity index is 531. The number of amides is 3. The minimum atomic E-state index is -0.247. The summed E-state index contributed by atoms with van der Waals surface area (Å²) in [6.07, 6.45) is 1.87. The van der Waals surface area contributed by atoms with Crippen LogP contribution in [0.4, 0.5) is 16.2 Å². The molecule has 0 spiro atoms. The number of hydrogen-bond donors (Lipinski definition) is 2.